The second-order valence-electron chi connectivity index (χ2n) is 4.96. The Morgan fingerprint density at radius 1 is 1.33 bits per heavy atom. The van der Waals surface area contributed by atoms with Gasteiger partial charge in [0.05, 0.1) is 6.61 Å². The maximum Gasteiger partial charge on any atom is 0.409 e. The maximum absolute atomic E-state index is 11.8. The lowest BCUT2D eigenvalue weighted by molar-refractivity contribution is 0.0700. The van der Waals surface area contributed by atoms with Gasteiger partial charge in [0.15, 0.2) is 11.5 Å². The monoisotopic (exact) mass is 295 g/mol. The van der Waals surface area contributed by atoms with Crippen molar-refractivity contribution in [3.8, 4) is 11.5 Å². The number of carbonyl (C=O) groups excluding carboxylic acids is 1. The molecule has 0 fully saturated rings. The molecule has 2 rings (SSSR count). The largest absolute Gasteiger partial charge is 0.454 e. The number of nitrogens with zero attached hydrogens (tertiary/aromatic N) is 1. The van der Waals surface area contributed by atoms with E-state index in [9.17, 15) is 4.79 Å². The molecule has 6 nitrogen and oxygen atoms in total. The lowest BCUT2D eigenvalue weighted by Gasteiger charge is -2.24. The number of methoxy groups -OCH3 is 1. The van der Waals surface area contributed by atoms with Crippen molar-refractivity contribution in [3.63, 3.8) is 0 Å². The lowest BCUT2D eigenvalue weighted by atomic mass is 10.1. The highest BCUT2D eigenvalue weighted by Gasteiger charge is 2.19. The van der Waals surface area contributed by atoms with Gasteiger partial charge in [-0.3, -0.25) is 0 Å². The summed E-state index contributed by atoms with van der Waals surface area (Å²) in [5, 5.41) is 0. The molecule has 0 saturated heterocycles. The van der Waals surface area contributed by atoms with Crippen molar-refractivity contribution in [1.29, 1.82) is 0 Å². The average molecular weight is 295 g/mol. The Hall–Kier alpha value is -1.95. The van der Waals surface area contributed by atoms with E-state index in [-0.39, 0.29) is 25.5 Å². The SMILES string of the molecule is COCCOC(=O)N(C)C(C)Cc1ccc2c(c1)OCO2. The van der Waals surface area contributed by atoms with E-state index in [0.29, 0.717) is 13.0 Å². The minimum absolute atomic E-state index is 0.0143. The molecule has 1 aliphatic heterocycles. The normalized spacial score (nSPS) is 13.9. The van der Waals surface area contributed by atoms with Crippen molar-refractivity contribution < 1.29 is 23.7 Å². The molecule has 116 valence electrons. The molecule has 1 aromatic carbocycles. The summed E-state index contributed by atoms with van der Waals surface area (Å²) in [6.45, 7) is 2.90. The van der Waals surface area contributed by atoms with E-state index in [2.05, 4.69) is 0 Å². The van der Waals surface area contributed by atoms with Crippen LogP contribution in [0.3, 0.4) is 0 Å². The molecule has 0 aliphatic carbocycles. The van der Waals surface area contributed by atoms with Crippen LogP contribution >= 0.6 is 0 Å². The summed E-state index contributed by atoms with van der Waals surface area (Å²) in [7, 11) is 3.30. The molecule has 1 heterocycles. The van der Waals surface area contributed by atoms with E-state index in [1.54, 1.807) is 19.1 Å². The van der Waals surface area contributed by atoms with Gasteiger partial charge in [-0.15, -0.1) is 0 Å². The minimum atomic E-state index is -0.347. The predicted octanol–water partition coefficient (Wildman–Crippen LogP) is 2.06. The molecule has 1 aliphatic rings. The smallest absolute Gasteiger partial charge is 0.409 e. The fourth-order valence-electron chi connectivity index (χ4n) is 2.04. The molecule has 21 heavy (non-hydrogen) atoms. The number of fused-ring (bicyclic) bond motifs is 1. The Labute approximate surface area is 124 Å². The quantitative estimate of drug-likeness (QED) is 0.752. The number of carbonyl (C=O) groups is 1. The third kappa shape index (κ3) is 4.01. The molecule has 0 saturated carbocycles. The molecular formula is C15H21NO5. The van der Waals surface area contributed by atoms with Gasteiger partial charge in [0.25, 0.3) is 0 Å². The van der Waals surface area contributed by atoms with E-state index < -0.39 is 0 Å². The second kappa shape index (κ2) is 7.17. The average Bonchev–Trinajstić information content (AvgIpc) is 2.94. The third-order valence-corrected chi connectivity index (χ3v) is 3.43. The third-order valence-electron chi connectivity index (χ3n) is 3.43. The van der Waals surface area contributed by atoms with E-state index in [1.165, 1.54) is 0 Å². The summed E-state index contributed by atoms with van der Waals surface area (Å²) in [6, 6.07) is 5.83. The van der Waals surface area contributed by atoms with E-state index in [4.69, 9.17) is 18.9 Å². The summed E-state index contributed by atoms with van der Waals surface area (Å²) < 4.78 is 20.6. The first-order valence-electron chi connectivity index (χ1n) is 6.89. The Balaban J connectivity index is 1.88. The van der Waals surface area contributed by atoms with Gasteiger partial charge >= 0.3 is 6.09 Å². The highest BCUT2D eigenvalue weighted by atomic mass is 16.7. The molecule has 6 heteroatoms. The number of hydrogen-bond donors (Lipinski definition) is 0. The second-order valence-corrected chi connectivity index (χ2v) is 4.96. The van der Waals surface area contributed by atoms with Gasteiger partial charge in [0, 0.05) is 20.2 Å². The molecular weight excluding hydrogens is 274 g/mol. The Bertz CT molecular complexity index is 491. The van der Waals surface area contributed by atoms with Crippen molar-refractivity contribution in [2.45, 2.75) is 19.4 Å². The summed E-state index contributed by atoms with van der Waals surface area (Å²) in [6.07, 6.45) is 0.368. The number of rotatable bonds is 6. The number of amides is 1. The molecule has 1 atom stereocenters. The first-order chi connectivity index (χ1) is 10.1. The topological polar surface area (TPSA) is 57.2 Å². The highest BCUT2D eigenvalue weighted by Crippen LogP contribution is 2.32. The van der Waals surface area contributed by atoms with Crippen molar-refractivity contribution in [3.05, 3.63) is 23.8 Å². The fourth-order valence-corrected chi connectivity index (χ4v) is 2.04. The van der Waals surface area contributed by atoms with Crippen LogP contribution in [0.4, 0.5) is 4.79 Å². The number of hydrogen-bond acceptors (Lipinski definition) is 5. The summed E-state index contributed by atoms with van der Waals surface area (Å²) in [4.78, 5) is 13.4. The van der Waals surface area contributed by atoms with Crippen molar-refractivity contribution in [2.75, 3.05) is 34.2 Å². The Kier molecular flexibility index (Phi) is 5.27. The van der Waals surface area contributed by atoms with Gasteiger partial charge in [-0.25, -0.2) is 4.79 Å². The van der Waals surface area contributed by atoms with Gasteiger partial charge in [-0.2, -0.15) is 0 Å². The van der Waals surface area contributed by atoms with Crippen molar-refractivity contribution in [1.82, 2.24) is 4.90 Å². The molecule has 1 aromatic rings. The van der Waals surface area contributed by atoms with Crippen LogP contribution in [0.25, 0.3) is 0 Å². The zero-order chi connectivity index (χ0) is 15.2. The van der Waals surface area contributed by atoms with Gasteiger partial charge < -0.3 is 23.8 Å². The van der Waals surface area contributed by atoms with Crippen LogP contribution in [-0.4, -0.2) is 51.2 Å². The van der Waals surface area contributed by atoms with Gasteiger partial charge in [-0.05, 0) is 31.0 Å². The van der Waals surface area contributed by atoms with Crippen LogP contribution in [0.2, 0.25) is 0 Å². The number of ether oxygens (including phenoxy) is 4. The van der Waals surface area contributed by atoms with Crippen molar-refractivity contribution in [2.24, 2.45) is 0 Å². The molecule has 0 aromatic heterocycles. The van der Waals surface area contributed by atoms with Crippen LogP contribution in [-0.2, 0) is 15.9 Å². The minimum Gasteiger partial charge on any atom is -0.454 e. The van der Waals surface area contributed by atoms with Crippen LogP contribution in [0.5, 0.6) is 11.5 Å². The first-order valence-corrected chi connectivity index (χ1v) is 6.89. The van der Waals surface area contributed by atoms with Crippen LogP contribution < -0.4 is 9.47 Å². The molecule has 1 amide bonds. The highest BCUT2D eigenvalue weighted by molar-refractivity contribution is 5.67. The van der Waals surface area contributed by atoms with E-state index in [1.807, 2.05) is 25.1 Å². The number of benzene rings is 1. The zero-order valence-corrected chi connectivity index (χ0v) is 12.6. The zero-order valence-electron chi connectivity index (χ0n) is 12.6. The first kappa shape index (κ1) is 15.4. The predicted molar refractivity (Wildman–Crippen MR) is 76.7 cm³/mol. The maximum atomic E-state index is 11.8. The van der Waals surface area contributed by atoms with Gasteiger partial charge in [0.2, 0.25) is 6.79 Å². The lowest BCUT2D eigenvalue weighted by Crippen LogP contribution is -2.37. The molecule has 0 N–H and O–H groups in total. The van der Waals surface area contributed by atoms with Crippen molar-refractivity contribution >= 4 is 6.09 Å². The van der Waals surface area contributed by atoms with Crippen LogP contribution in [0.15, 0.2) is 18.2 Å². The molecule has 0 radical (unpaired) electrons. The van der Waals surface area contributed by atoms with Gasteiger partial charge in [-0.1, -0.05) is 6.07 Å². The van der Waals surface area contributed by atoms with Crippen LogP contribution in [0.1, 0.15) is 12.5 Å². The number of likely N-dealkylation sites (N-methyl/N-ethyl adjacent to an activating group) is 1. The van der Waals surface area contributed by atoms with E-state index >= 15 is 0 Å². The molecule has 1 unspecified atom stereocenters. The molecule has 0 bridgehead atoms. The van der Waals surface area contributed by atoms with E-state index in [0.717, 1.165) is 17.1 Å². The fraction of sp³-hybridized carbons (Fsp3) is 0.533. The van der Waals surface area contributed by atoms with Gasteiger partial charge in [0.1, 0.15) is 6.61 Å². The summed E-state index contributed by atoms with van der Waals surface area (Å²) in [5.41, 5.74) is 1.09. The standard InChI is InChI=1S/C15H21NO5/c1-11(16(2)15(17)19-7-6-18-3)8-12-4-5-13-14(9-12)21-10-20-13/h4-5,9,11H,6-8,10H2,1-3H3. The van der Waals surface area contributed by atoms with Crippen LogP contribution in [0, 0.1) is 0 Å². The molecule has 0 spiro atoms. The summed E-state index contributed by atoms with van der Waals surface area (Å²) >= 11 is 0. The Morgan fingerprint density at radius 3 is 2.86 bits per heavy atom. The summed E-state index contributed by atoms with van der Waals surface area (Å²) in [5.74, 6) is 1.52. The Morgan fingerprint density at radius 2 is 2.10 bits per heavy atom.